The number of hydrogen-bond donors (Lipinski definition) is 0. The van der Waals surface area contributed by atoms with Crippen molar-refractivity contribution in [3.63, 3.8) is 0 Å². The van der Waals surface area contributed by atoms with Crippen LogP contribution in [0.2, 0.25) is 0 Å². The third-order valence-corrected chi connectivity index (χ3v) is 6.60. The van der Waals surface area contributed by atoms with Crippen LogP contribution < -0.4 is 0 Å². The zero-order valence-corrected chi connectivity index (χ0v) is 19.2. The molecule has 0 aliphatic carbocycles. The van der Waals surface area contributed by atoms with Gasteiger partial charge in [-0.3, -0.25) is 14.3 Å². The smallest absolute Gasteiger partial charge is 0.254 e. The minimum absolute atomic E-state index is 0.000857. The van der Waals surface area contributed by atoms with E-state index in [0.29, 0.717) is 0 Å². The maximum Gasteiger partial charge on any atom is 0.254 e. The fourth-order valence-corrected chi connectivity index (χ4v) is 4.82. The van der Waals surface area contributed by atoms with Crippen LogP contribution in [0.3, 0.4) is 0 Å². The summed E-state index contributed by atoms with van der Waals surface area (Å²) in [6.07, 6.45) is 6.52. The summed E-state index contributed by atoms with van der Waals surface area (Å²) in [7, 11) is 0. The summed E-state index contributed by atoms with van der Waals surface area (Å²) in [5.74, 6) is 1.92. The molecule has 0 radical (unpaired) electrons. The van der Waals surface area contributed by atoms with Crippen molar-refractivity contribution in [2.75, 3.05) is 32.8 Å². The Morgan fingerprint density at radius 3 is 2.70 bits per heavy atom. The molecule has 0 spiro atoms. The molecule has 33 heavy (non-hydrogen) atoms. The molecular formula is C26H31N5O2. The third-order valence-electron chi connectivity index (χ3n) is 6.60. The van der Waals surface area contributed by atoms with Crippen molar-refractivity contribution < 1.29 is 9.53 Å². The lowest BCUT2D eigenvalue weighted by Gasteiger charge is -2.27. The van der Waals surface area contributed by atoms with Gasteiger partial charge < -0.3 is 9.64 Å². The molecule has 0 N–H and O–H groups in total. The molecule has 3 aromatic rings. The number of carbonyl (C=O) groups excluding carboxylic acids is 1. The molecular weight excluding hydrogens is 414 g/mol. The van der Waals surface area contributed by atoms with E-state index in [1.807, 2.05) is 46.0 Å². The Kier molecular flexibility index (Phi) is 6.51. The molecule has 7 nitrogen and oxygen atoms in total. The average Bonchev–Trinajstić information content (AvgIpc) is 3.55. The molecule has 4 heterocycles. The second-order valence-corrected chi connectivity index (χ2v) is 8.73. The fourth-order valence-electron chi connectivity index (χ4n) is 4.82. The third kappa shape index (κ3) is 4.70. The summed E-state index contributed by atoms with van der Waals surface area (Å²) < 4.78 is 7.46. The number of carbonyl (C=O) groups is 1. The highest BCUT2D eigenvalue weighted by Gasteiger charge is 2.31. The van der Waals surface area contributed by atoms with Crippen LogP contribution in [0.25, 0.3) is 5.82 Å². The van der Waals surface area contributed by atoms with Gasteiger partial charge in [0.25, 0.3) is 5.91 Å². The quantitative estimate of drug-likeness (QED) is 0.580. The van der Waals surface area contributed by atoms with Gasteiger partial charge in [0.15, 0.2) is 0 Å². The normalized spacial score (nSPS) is 19.2. The summed E-state index contributed by atoms with van der Waals surface area (Å²) in [4.78, 5) is 27.1. The SMILES string of the molecule is CCc1nccn1-c1cccc([C@@H]2CCCN2C(=O)c2ccc(CN3CCOCC3)cc2)n1. The number of benzene rings is 1. The van der Waals surface area contributed by atoms with Crippen molar-refractivity contribution in [3.05, 3.63) is 77.5 Å². The van der Waals surface area contributed by atoms with Crippen molar-refractivity contribution in [3.8, 4) is 5.82 Å². The van der Waals surface area contributed by atoms with E-state index in [4.69, 9.17) is 9.72 Å². The standard InChI is InChI=1S/C26H31N5O2/c1-2-24-27-12-14-31(24)25-7-3-5-22(28-25)23-6-4-13-30(23)26(32)21-10-8-20(9-11-21)19-29-15-17-33-18-16-29/h3,5,7-12,14,23H,2,4,6,13,15-19H2,1H3/t23-/m0/s1. The van der Waals surface area contributed by atoms with E-state index in [-0.39, 0.29) is 11.9 Å². The van der Waals surface area contributed by atoms with Gasteiger partial charge in [-0.2, -0.15) is 0 Å². The van der Waals surface area contributed by atoms with E-state index >= 15 is 0 Å². The number of rotatable bonds is 6. The van der Waals surface area contributed by atoms with Crippen molar-refractivity contribution in [1.82, 2.24) is 24.3 Å². The van der Waals surface area contributed by atoms with Crippen molar-refractivity contribution in [1.29, 1.82) is 0 Å². The van der Waals surface area contributed by atoms with Gasteiger partial charge in [0.2, 0.25) is 0 Å². The van der Waals surface area contributed by atoms with Crippen LogP contribution in [0.4, 0.5) is 0 Å². The number of amides is 1. The molecule has 0 saturated carbocycles. The highest BCUT2D eigenvalue weighted by atomic mass is 16.5. The Morgan fingerprint density at radius 2 is 1.91 bits per heavy atom. The lowest BCUT2D eigenvalue weighted by Crippen LogP contribution is -2.35. The zero-order chi connectivity index (χ0) is 22.6. The molecule has 1 amide bonds. The van der Waals surface area contributed by atoms with Crippen LogP contribution in [0.1, 0.15) is 53.2 Å². The Labute approximate surface area is 195 Å². The van der Waals surface area contributed by atoms with E-state index < -0.39 is 0 Å². The lowest BCUT2D eigenvalue weighted by molar-refractivity contribution is 0.0342. The molecule has 2 aliphatic heterocycles. The van der Waals surface area contributed by atoms with Gasteiger partial charge in [-0.25, -0.2) is 9.97 Å². The van der Waals surface area contributed by atoms with Gasteiger partial charge in [-0.05, 0) is 42.7 Å². The van der Waals surface area contributed by atoms with Crippen LogP contribution in [0, 0.1) is 0 Å². The average molecular weight is 446 g/mol. The first-order valence-electron chi connectivity index (χ1n) is 11.9. The molecule has 2 aliphatic rings. The molecule has 2 fully saturated rings. The lowest BCUT2D eigenvalue weighted by atomic mass is 10.1. The Balaban J connectivity index is 1.31. The Hall–Kier alpha value is -3.03. The summed E-state index contributed by atoms with van der Waals surface area (Å²) >= 11 is 0. The molecule has 0 bridgehead atoms. The monoisotopic (exact) mass is 445 g/mol. The molecule has 2 saturated heterocycles. The van der Waals surface area contributed by atoms with E-state index in [1.165, 1.54) is 5.56 Å². The second-order valence-electron chi connectivity index (χ2n) is 8.73. The van der Waals surface area contributed by atoms with Crippen LogP contribution in [-0.2, 0) is 17.7 Å². The second kappa shape index (κ2) is 9.85. The first-order valence-corrected chi connectivity index (χ1v) is 11.9. The molecule has 2 aromatic heterocycles. The molecule has 1 atom stereocenters. The number of hydrogen-bond acceptors (Lipinski definition) is 5. The van der Waals surface area contributed by atoms with Crippen molar-refractivity contribution >= 4 is 5.91 Å². The number of imidazole rings is 1. The molecule has 172 valence electrons. The largest absolute Gasteiger partial charge is 0.379 e. The first-order chi connectivity index (χ1) is 16.2. The van der Waals surface area contributed by atoms with Crippen LogP contribution >= 0.6 is 0 Å². The number of pyridine rings is 1. The summed E-state index contributed by atoms with van der Waals surface area (Å²) in [5.41, 5.74) is 2.91. The van der Waals surface area contributed by atoms with Gasteiger partial charge >= 0.3 is 0 Å². The summed E-state index contributed by atoms with van der Waals surface area (Å²) in [6, 6.07) is 14.2. The van der Waals surface area contributed by atoms with Crippen LogP contribution in [-0.4, -0.2) is 63.1 Å². The predicted octanol–water partition coefficient (Wildman–Crippen LogP) is 3.64. The topological polar surface area (TPSA) is 63.5 Å². The highest BCUT2D eigenvalue weighted by molar-refractivity contribution is 5.94. The van der Waals surface area contributed by atoms with Crippen LogP contribution in [0.15, 0.2) is 54.9 Å². The number of likely N-dealkylation sites (tertiary alicyclic amines) is 1. The highest BCUT2D eigenvalue weighted by Crippen LogP contribution is 2.32. The Bertz CT molecular complexity index is 1090. The first kappa shape index (κ1) is 21.8. The summed E-state index contributed by atoms with van der Waals surface area (Å²) in [6.45, 7) is 7.25. The predicted molar refractivity (Wildman–Crippen MR) is 126 cm³/mol. The molecule has 7 heteroatoms. The number of nitrogens with zero attached hydrogens (tertiary/aromatic N) is 5. The van der Waals surface area contributed by atoms with E-state index in [2.05, 4.69) is 28.9 Å². The van der Waals surface area contributed by atoms with Gasteiger partial charge in [0, 0.05) is 50.6 Å². The van der Waals surface area contributed by atoms with Gasteiger partial charge in [-0.15, -0.1) is 0 Å². The van der Waals surface area contributed by atoms with Crippen LogP contribution in [0.5, 0.6) is 0 Å². The van der Waals surface area contributed by atoms with E-state index in [1.54, 1.807) is 6.20 Å². The number of morpholine rings is 1. The number of ether oxygens (including phenoxy) is 1. The summed E-state index contributed by atoms with van der Waals surface area (Å²) in [5, 5.41) is 0. The molecule has 1 aromatic carbocycles. The van der Waals surface area contributed by atoms with Gasteiger partial charge in [0.05, 0.1) is 24.9 Å². The number of aromatic nitrogens is 3. The van der Waals surface area contributed by atoms with E-state index in [0.717, 1.165) is 81.6 Å². The van der Waals surface area contributed by atoms with Crippen molar-refractivity contribution in [2.24, 2.45) is 0 Å². The van der Waals surface area contributed by atoms with Crippen molar-refractivity contribution in [2.45, 2.75) is 38.8 Å². The zero-order valence-electron chi connectivity index (χ0n) is 19.2. The van der Waals surface area contributed by atoms with Gasteiger partial charge in [0.1, 0.15) is 11.6 Å². The maximum atomic E-state index is 13.4. The molecule has 5 rings (SSSR count). The van der Waals surface area contributed by atoms with E-state index in [9.17, 15) is 4.79 Å². The fraction of sp³-hybridized carbons (Fsp3) is 0.423. The minimum atomic E-state index is -0.000857. The minimum Gasteiger partial charge on any atom is -0.379 e. The maximum absolute atomic E-state index is 13.4. The Morgan fingerprint density at radius 1 is 1.09 bits per heavy atom. The van der Waals surface area contributed by atoms with Gasteiger partial charge in [-0.1, -0.05) is 25.1 Å². The molecule has 0 unspecified atom stereocenters. The number of aryl methyl sites for hydroxylation is 1.